The number of imidazole rings is 1. The number of fused-ring (bicyclic) bond motifs is 1. The first-order valence-corrected chi connectivity index (χ1v) is 11.8. The third kappa shape index (κ3) is 4.33. The molecule has 3 N–H and O–H groups in total. The summed E-state index contributed by atoms with van der Waals surface area (Å²) in [7, 11) is -3.54. The van der Waals surface area contributed by atoms with Gasteiger partial charge in [-0.3, -0.25) is 0 Å². The standard InChI is InChI=1S/C22H20FN7O2S/c1-13(28-21-16(10-24)20(25)26-12-27-21)22-29-19-17(4-3-5-18(19)33(2,31)32)30(22)11-14-6-8-15(23)9-7-14/h3-9,12-13H,11H2,1-2H3,(H3,25,26,27,28)/t13-/m0/s1. The molecule has 0 saturated carbocycles. The fourth-order valence-corrected chi connectivity index (χ4v) is 4.42. The highest BCUT2D eigenvalue weighted by Crippen LogP contribution is 2.29. The fourth-order valence-electron chi connectivity index (χ4n) is 3.60. The summed E-state index contributed by atoms with van der Waals surface area (Å²) in [6.45, 7) is 2.13. The van der Waals surface area contributed by atoms with Gasteiger partial charge in [0.2, 0.25) is 0 Å². The Morgan fingerprint density at radius 1 is 1.21 bits per heavy atom. The third-order valence-corrected chi connectivity index (χ3v) is 6.28. The third-order valence-electron chi connectivity index (χ3n) is 5.15. The van der Waals surface area contributed by atoms with Gasteiger partial charge in [-0.1, -0.05) is 18.2 Å². The second-order valence-corrected chi connectivity index (χ2v) is 9.52. The average molecular weight is 466 g/mol. The van der Waals surface area contributed by atoms with Crippen molar-refractivity contribution in [2.24, 2.45) is 0 Å². The van der Waals surface area contributed by atoms with Crippen LogP contribution in [0.15, 0.2) is 53.7 Å². The molecule has 1 atom stereocenters. The minimum atomic E-state index is -3.54. The van der Waals surface area contributed by atoms with Crippen molar-refractivity contribution < 1.29 is 12.8 Å². The van der Waals surface area contributed by atoms with Crippen LogP contribution >= 0.6 is 0 Å². The molecule has 0 amide bonds. The number of nitriles is 1. The van der Waals surface area contributed by atoms with Crippen molar-refractivity contribution in [2.45, 2.75) is 24.4 Å². The highest BCUT2D eigenvalue weighted by molar-refractivity contribution is 7.91. The molecule has 0 fully saturated rings. The van der Waals surface area contributed by atoms with Gasteiger partial charge >= 0.3 is 0 Å². The molecule has 2 aromatic carbocycles. The van der Waals surface area contributed by atoms with Gasteiger partial charge in [0.1, 0.15) is 46.8 Å². The van der Waals surface area contributed by atoms with Crippen molar-refractivity contribution in [3.8, 4) is 6.07 Å². The number of nitrogens with zero attached hydrogens (tertiary/aromatic N) is 5. The zero-order chi connectivity index (χ0) is 23.8. The van der Waals surface area contributed by atoms with Crippen molar-refractivity contribution in [3.63, 3.8) is 0 Å². The Morgan fingerprint density at radius 3 is 2.61 bits per heavy atom. The van der Waals surface area contributed by atoms with Gasteiger partial charge in [-0.2, -0.15) is 5.26 Å². The summed E-state index contributed by atoms with van der Waals surface area (Å²) in [4.78, 5) is 12.7. The van der Waals surface area contributed by atoms with Crippen molar-refractivity contribution in [2.75, 3.05) is 17.3 Å². The number of hydrogen-bond donors (Lipinski definition) is 2. The molecular formula is C22H20FN7O2S. The van der Waals surface area contributed by atoms with Gasteiger partial charge < -0.3 is 15.6 Å². The van der Waals surface area contributed by atoms with Crippen LogP contribution in [0.2, 0.25) is 0 Å². The first-order chi connectivity index (χ1) is 15.7. The number of rotatable bonds is 6. The number of hydrogen-bond acceptors (Lipinski definition) is 8. The summed E-state index contributed by atoms with van der Waals surface area (Å²) >= 11 is 0. The van der Waals surface area contributed by atoms with Gasteiger partial charge in [0, 0.05) is 12.8 Å². The van der Waals surface area contributed by atoms with E-state index >= 15 is 0 Å². The Hall–Kier alpha value is -4.04. The Kier molecular flexibility index (Phi) is 5.69. The molecule has 0 unspecified atom stereocenters. The van der Waals surface area contributed by atoms with E-state index in [1.54, 1.807) is 24.3 Å². The van der Waals surface area contributed by atoms with Gasteiger partial charge in [0.25, 0.3) is 0 Å². The summed E-state index contributed by atoms with van der Waals surface area (Å²) in [6.07, 6.45) is 2.37. The van der Waals surface area contributed by atoms with E-state index in [9.17, 15) is 18.1 Å². The molecule has 0 saturated heterocycles. The van der Waals surface area contributed by atoms with Crippen LogP contribution in [-0.2, 0) is 16.4 Å². The summed E-state index contributed by atoms with van der Waals surface area (Å²) in [5, 5.41) is 12.6. The molecule has 2 heterocycles. The molecule has 9 nitrogen and oxygen atoms in total. The highest BCUT2D eigenvalue weighted by atomic mass is 32.2. The maximum Gasteiger partial charge on any atom is 0.177 e. The predicted octanol–water partition coefficient (Wildman–Crippen LogP) is 3.04. The van der Waals surface area contributed by atoms with Crippen molar-refractivity contribution >= 4 is 32.5 Å². The zero-order valence-electron chi connectivity index (χ0n) is 17.8. The molecule has 0 radical (unpaired) electrons. The van der Waals surface area contributed by atoms with Gasteiger partial charge in [0.05, 0.1) is 16.5 Å². The molecule has 33 heavy (non-hydrogen) atoms. The molecule has 168 valence electrons. The molecule has 0 bridgehead atoms. The van der Waals surface area contributed by atoms with E-state index in [1.807, 2.05) is 17.6 Å². The zero-order valence-corrected chi connectivity index (χ0v) is 18.6. The van der Waals surface area contributed by atoms with E-state index in [0.717, 1.165) is 11.8 Å². The molecule has 0 aliphatic heterocycles. The van der Waals surface area contributed by atoms with Crippen molar-refractivity contribution in [1.29, 1.82) is 5.26 Å². The van der Waals surface area contributed by atoms with Gasteiger partial charge in [-0.05, 0) is 36.8 Å². The fraction of sp³-hybridized carbons (Fsp3) is 0.182. The molecular weight excluding hydrogens is 445 g/mol. The second-order valence-electron chi connectivity index (χ2n) is 7.54. The second kappa shape index (κ2) is 8.48. The minimum absolute atomic E-state index is 0.0429. The summed E-state index contributed by atoms with van der Waals surface area (Å²) in [6, 6.07) is 12.5. The van der Waals surface area contributed by atoms with E-state index in [4.69, 9.17) is 5.73 Å². The largest absolute Gasteiger partial charge is 0.382 e. The highest BCUT2D eigenvalue weighted by Gasteiger charge is 2.23. The SMILES string of the molecule is C[C@H](Nc1ncnc(N)c1C#N)c1nc2c(S(C)(=O)=O)cccc2n1Cc1ccc(F)cc1. The average Bonchev–Trinajstić information content (AvgIpc) is 3.13. The predicted molar refractivity (Wildman–Crippen MR) is 122 cm³/mol. The van der Waals surface area contributed by atoms with Crippen molar-refractivity contribution in [1.82, 2.24) is 19.5 Å². The molecule has 2 aromatic heterocycles. The first-order valence-electron chi connectivity index (χ1n) is 9.89. The number of benzene rings is 2. The van der Waals surface area contributed by atoms with E-state index in [1.165, 1.54) is 24.5 Å². The lowest BCUT2D eigenvalue weighted by Crippen LogP contribution is -2.16. The quantitative estimate of drug-likeness (QED) is 0.443. The Balaban J connectivity index is 1.86. The molecule has 4 aromatic rings. The number of halogens is 1. The van der Waals surface area contributed by atoms with Crippen LogP contribution in [0.25, 0.3) is 11.0 Å². The van der Waals surface area contributed by atoms with Crippen LogP contribution in [0, 0.1) is 17.1 Å². The lowest BCUT2D eigenvalue weighted by atomic mass is 10.2. The number of nitrogens with one attached hydrogen (secondary N) is 1. The van der Waals surface area contributed by atoms with E-state index in [0.29, 0.717) is 23.4 Å². The smallest absolute Gasteiger partial charge is 0.177 e. The van der Waals surface area contributed by atoms with E-state index in [-0.39, 0.29) is 27.9 Å². The van der Waals surface area contributed by atoms with E-state index < -0.39 is 15.9 Å². The normalized spacial score (nSPS) is 12.4. The molecule has 4 rings (SSSR count). The number of aromatic nitrogens is 4. The molecule has 0 aliphatic carbocycles. The first kappa shape index (κ1) is 22.2. The van der Waals surface area contributed by atoms with Gasteiger partial charge in [-0.25, -0.2) is 27.8 Å². The van der Waals surface area contributed by atoms with E-state index in [2.05, 4.69) is 20.3 Å². The van der Waals surface area contributed by atoms with Crippen LogP contribution < -0.4 is 11.1 Å². The van der Waals surface area contributed by atoms with Gasteiger partial charge in [-0.15, -0.1) is 0 Å². The maximum absolute atomic E-state index is 13.4. The number of anilines is 2. The number of nitrogens with two attached hydrogens (primary N) is 1. The number of sulfone groups is 1. The number of nitrogen functional groups attached to an aromatic ring is 1. The van der Waals surface area contributed by atoms with Crippen molar-refractivity contribution in [3.05, 3.63) is 71.6 Å². The Morgan fingerprint density at radius 2 is 1.94 bits per heavy atom. The number of para-hydroxylation sites is 1. The maximum atomic E-state index is 13.4. The molecule has 0 aliphatic rings. The Labute approximate surface area is 189 Å². The van der Waals surface area contributed by atoms with Crippen LogP contribution in [0.4, 0.5) is 16.0 Å². The lowest BCUT2D eigenvalue weighted by molar-refractivity contribution is 0.602. The van der Waals surface area contributed by atoms with Crippen LogP contribution in [0.5, 0.6) is 0 Å². The van der Waals surface area contributed by atoms with Crippen LogP contribution in [0.1, 0.15) is 29.9 Å². The van der Waals surface area contributed by atoms with Gasteiger partial charge in [0.15, 0.2) is 9.84 Å². The topological polar surface area (TPSA) is 140 Å². The Bertz CT molecular complexity index is 1490. The molecule has 11 heteroatoms. The summed E-state index contributed by atoms with van der Waals surface area (Å²) < 4.78 is 40.0. The minimum Gasteiger partial charge on any atom is -0.382 e. The summed E-state index contributed by atoms with van der Waals surface area (Å²) in [5.74, 6) is 0.434. The summed E-state index contributed by atoms with van der Waals surface area (Å²) in [5.41, 5.74) is 7.62. The van der Waals surface area contributed by atoms with Crippen LogP contribution in [-0.4, -0.2) is 34.2 Å². The van der Waals surface area contributed by atoms with Crippen LogP contribution in [0.3, 0.4) is 0 Å². The lowest BCUT2D eigenvalue weighted by Gasteiger charge is -2.17. The molecule has 0 spiro atoms. The monoisotopic (exact) mass is 465 g/mol.